The first kappa shape index (κ1) is 28.0. The number of ketones is 1. The van der Waals surface area contributed by atoms with Crippen molar-refractivity contribution in [2.75, 3.05) is 23.9 Å². The number of carbonyl (C=O) groups excluding carboxylic acids is 2. The van der Waals surface area contributed by atoms with Crippen molar-refractivity contribution in [3.8, 4) is 5.75 Å². The van der Waals surface area contributed by atoms with E-state index in [0.29, 0.717) is 25.2 Å². The number of rotatable bonds is 7. The maximum absolute atomic E-state index is 15.1. The number of nitrogens with zero attached hydrogens (tertiary/aromatic N) is 1. The number of hydrogen-bond acceptors (Lipinski definition) is 7. The molecule has 0 aliphatic carbocycles. The third kappa shape index (κ3) is 6.51. The van der Waals surface area contributed by atoms with Crippen LogP contribution < -0.4 is 15.4 Å². The molecule has 0 radical (unpaired) electrons. The lowest BCUT2D eigenvalue weighted by atomic mass is 9.92. The molecule has 206 valence electrons. The molecular weight excluding hydrogens is 532 g/mol. The summed E-state index contributed by atoms with van der Waals surface area (Å²) in [6, 6.07) is 4.91. The van der Waals surface area contributed by atoms with E-state index >= 15 is 4.39 Å². The van der Waals surface area contributed by atoms with Crippen molar-refractivity contribution in [3.63, 3.8) is 0 Å². The van der Waals surface area contributed by atoms with E-state index in [9.17, 15) is 31.2 Å². The van der Waals surface area contributed by atoms with Gasteiger partial charge in [0.25, 0.3) is 0 Å². The number of nitrogens with two attached hydrogens (primary N) is 1. The average Bonchev–Trinajstić information content (AvgIpc) is 2.91. The predicted molar refractivity (Wildman–Crippen MR) is 128 cm³/mol. The maximum atomic E-state index is 15.1. The normalized spacial score (nSPS) is 20.1. The van der Waals surface area contributed by atoms with Gasteiger partial charge in [-0.15, -0.1) is 13.2 Å². The highest BCUT2D eigenvalue weighted by Gasteiger charge is 2.37. The molecule has 0 saturated carbocycles. The quantitative estimate of drug-likeness (QED) is 0.406. The van der Waals surface area contributed by atoms with Crippen molar-refractivity contribution >= 4 is 27.2 Å². The third-order valence-electron chi connectivity index (χ3n) is 6.58. The Bertz CT molecular complexity index is 1310. The molecule has 0 bridgehead atoms. The summed E-state index contributed by atoms with van der Waals surface area (Å²) in [6.45, 7) is 0.887. The summed E-state index contributed by atoms with van der Waals surface area (Å²) in [5.41, 5.74) is 5.61. The molecule has 2 aromatic rings. The van der Waals surface area contributed by atoms with Crippen LogP contribution >= 0.6 is 0 Å². The van der Waals surface area contributed by atoms with Crippen LogP contribution in [0.1, 0.15) is 41.6 Å². The number of ether oxygens (including phenoxy) is 2. The number of amides is 1. The van der Waals surface area contributed by atoms with Crippen LogP contribution in [0.25, 0.3) is 0 Å². The molecule has 1 amide bonds. The van der Waals surface area contributed by atoms with Crippen LogP contribution in [0.4, 0.5) is 23.2 Å². The van der Waals surface area contributed by atoms with E-state index < -0.39 is 56.1 Å². The number of alkyl halides is 3. The number of benzene rings is 2. The summed E-state index contributed by atoms with van der Waals surface area (Å²) in [7, 11) is -4.20. The van der Waals surface area contributed by atoms with Gasteiger partial charge in [0.05, 0.1) is 34.5 Å². The minimum atomic E-state index is -4.89. The molecule has 2 aliphatic rings. The molecular formula is C25H26F4N2O6S. The molecule has 0 unspecified atom stereocenters. The van der Waals surface area contributed by atoms with E-state index in [1.54, 1.807) is 0 Å². The fraction of sp³-hybridized carbons (Fsp3) is 0.440. The van der Waals surface area contributed by atoms with Gasteiger partial charge in [-0.2, -0.15) is 0 Å². The Morgan fingerprint density at radius 1 is 1.13 bits per heavy atom. The second kappa shape index (κ2) is 11.0. The van der Waals surface area contributed by atoms with Crippen LogP contribution in [0.2, 0.25) is 0 Å². The zero-order valence-corrected chi connectivity index (χ0v) is 21.0. The van der Waals surface area contributed by atoms with Crippen LogP contribution in [0, 0.1) is 11.7 Å². The Kier molecular flexibility index (Phi) is 8.09. The van der Waals surface area contributed by atoms with Crippen molar-refractivity contribution in [2.45, 2.75) is 49.5 Å². The largest absolute Gasteiger partial charge is 0.573 e. The van der Waals surface area contributed by atoms with Crippen molar-refractivity contribution in [2.24, 2.45) is 11.7 Å². The van der Waals surface area contributed by atoms with Gasteiger partial charge in [-0.3, -0.25) is 9.59 Å². The van der Waals surface area contributed by atoms with Crippen molar-refractivity contribution in [1.82, 2.24) is 0 Å². The van der Waals surface area contributed by atoms with Crippen LogP contribution in [0.5, 0.6) is 5.75 Å². The number of halogens is 4. The van der Waals surface area contributed by atoms with E-state index in [1.807, 2.05) is 0 Å². The van der Waals surface area contributed by atoms with Gasteiger partial charge in [-0.1, -0.05) is 12.1 Å². The summed E-state index contributed by atoms with van der Waals surface area (Å²) < 4.78 is 87.5. The van der Waals surface area contributed by atoms with Gasteiger partial charge < -0.3 is 20.1 Å². The highest BCUT2D eigenvalue weighted by Crippen LogP contribution is 2.35. The van der Waals surface area contributed by atoms with Gasteiger partial charge in [0.2, 0.25) is 5.91 Å². The molecule has 4 rings (SSSR count). The first-order chi connectivity index (χ1) is 17.8. The summed E-state index contributed by atoms with van der Waals surface area (Å²) >= 11 is 0. The predicted octanol–water partition coefficient (Wildman–Crippen LogP) is 3.76. The summed E-state index contributed by atoms with van der Waals surface area (Å²) in [4.78, 5) is 26.6. The van der Waals surface area contributed by atoms with Crippen LogP contribution in [-0.2, 0) is 25.9 Å². The second-order valence-electron chi connectivity index (χ2n) is 9.32. The molecule has 2 N–H and O–H groups in total. The minimum absolute atomic E-state index is 0.0290. The first-order valence-electron chi connectivity index (χ1n) is 11.9. The van der Waals surface area contributed by atoms with Gasteiger partial charge in [0.1, 0.15) is 11.6 Å². The van der Waals surface area contributed by atoms with Crippen molar-refractivity contribution in [3.05, 3.63) is 53.3 Å². The van der Waals surface area contributed by atoms with E-state index in [4.69, 9.17) is 10.5 Å². The highest BCUT2D eigenvalue weighted by atomic mass is 32.2. The number of fused-ring (bicyclic) bond motifs is 1. The Balaban J connectivity index is 1.66. The molecule has 13 heteroatoms. The Hall–Kier alpha value is -3.03. The van der Waals surface area contributed by atoms with Crippen LogP contribution in [0.15, 0.2) is 41.3 Å². The number of sulfone groups is 1. The van der Waals surface area contributed by atoms with Gasteiger partial charge in [0, 0.05) is 19.6 Å². The van der Waals surface area contributed by atoms with E-state index in [1.165, 1.54) is 12.1 Å². The third-order valence-corrected chi connectivity index (χ3v) is 8.37. The lowest BCUT2D eigenvalue weighted by Gasteiger charge is -2.25. The number of carbonyl (C=O) groups is 2. The summed E-state index contributed by atoms with van der Waals surface area (Å²) in [5.74, 6) is -3.37. The molecule has 2 aliphatic heterocycles. The second-order valence-corrected chi connectivity index (χ2v) is 11.3. The zero-order chi connectivity index (χ0) is 27.7. The van der Waals surface area contributed by atoms with Gasteiger partial charge in [0.15, 0.2) is 15.6 Å². The molecule has 38 heavy (non-hydrogen) atoms. The smallest absolute Gasteiger partial charge is 0.406 e. The molecule has 0 aromatic heterocycles. The van der Waals surface area contributed by atoms with Crippen molar-refractivity contribution in [1.29, 1.82) is 0 Å². The molecule has 1 fully saturated rings. The molecule has 0 spiro atoms. The van der Waals surface area contributed by atoms with E-state index in [2.05, 4.69) is 4.74 Å². The standard InChI is InChI=1S/C25H26F4N2O6S/c26-19-12-23-21(11-18(19)22(32)6-3-15-7-9-36-10-8-15)31(24(33)20(30)14-38(23,34)35)13-16-1-4-17(5-2-16)37-25(27,28)29/h1-2,4-5,11-12,15,20H,3,6-10,13-14,30H2/t20-/m0/s1. The number of hydrogen-bond donors (Lipinski definition) is 1. The van der Waals surface area contributed by atoms with Gasteiger partial charge >= 0.3 is 6.36 Å². The maximum Gasteiger partial charge on any atom is 0.573 e. The lowest BCUT2D eigenvalue weighted by Crippen LogP contribution is -2.45. The monoisotopic (exact) mass is 558 g/mol. The first-order valence-corrected chi connectivity index (χ1v) is 13.6. The lowest BCUT2D eigenvalue weighted by molar-refractivity contribution is -0.274. The number of Topliss-reactive ketones (excluding diaryl/α,β-unsaturated/α-hetero) is 1. The van der Waals surface area contributed by atoms with E-state index in [-0.39, 0.29) is 30.1 Å². The summed E-state index contributed by atoms with van der Waals surface area (Å²) in [6.07, 6.45) is -2.78. The topological polar surface area (TPSA) is 116 Å². The zero-order valence-electron chi connectivity index (χ0n) is 20.2. The van der Waals surface area contributed by atoms with Crippen molar-refractivity contribution < 1.29 is 45.0 Å². The number of anilines is 1. The molecule has 1 atom stereocenters. The Morgan fingerprint density at radius 2 is 1.79 bits per heavy atom. The van der Waals surface area contributed by atoms with Gasteiger partial charge in [-0.25, -0.2) is 12.8 Å². The Morgan fingerprint density at radius 3 is 2.42 bits per heavy atom. The SMILES string of the molecule is N[C@H]1CS(=O)(=O)c2cc(F)c(C(=O)CCC3CCOCC3)cc2N(Cc2ccc(OC(F)(F)F)cc2)C1=O. The molecule has 2 heterocycles. The van der Waals surface area contributed by atoms with Crippen LogP contribution in [-0.4, -0.2) is 51.5 Å². The molecule has 1 saturated heterocycles. The fourth-order valence-electron chi connectivity index (χ4n) is 4.58. The highest BCUT2D eigenvalue weighted by molar-refractivity contribution is 7.91. The Labute approximate surface area is 216 Å². The fourth-order valence-corrected chi connectivity index (χ4v) is 6.15. The van der Waals surface area contributed by atoms with Gasteiger partial charge in [-0.05, 0) is 55.0 Å². The minimum Gasteiger partial charge on any atom is -0.406 e. The molecule has 8 nitrogen and oxygen atoms in total. The van der Waals surface area contributed by atoms with Crippen LogP contribution in [0.3, 0.4) is 0 Å². The summed E-state index contributed by atoms with van der Waals surface area (Å²) in [5, 5.41) is 0. The molecule has 2 aromatic carbocycles. The van der Waals surface area contributed by atoms with E-state index in [0.717, 1.165) is 42.0 Å². The average molecular weight is 559 g/mol.